The van der Waals surface area contributed by atoms with Crippen LogP contribution in [0.4, 0.5) is 0 Å². The van der Waals surface area contributed by atoms with Crippen molar-refractivity contribution in [3.63, 3.8) is 0 Å². The molecule has 5 heteroatoms. The van der Waals surface area contributed by atoms with Crippen LogP contribution < -0.4 is 0 Å². The summed E-state index contributed by atoms with van der Waals surface area (Å²) in [4.78, 5) is 25.3. The zero-order valence-electron chi connectivity index (χ0n) is 11.9. The van der Waals surface area contributed by atoms with Crippen molar-refractivity contribution >= 4 is 11.9 Å². The molecule has 22 heavy (non-hydrogen) atoms. The quantitative estimate of drug-likeness (QED) is 0.925. The van der Waals surface area contributed by atoms with Crippen molar-refractivity contribution in [3.05, 3.63) is 59.0 Å². The second-order valence-electron chi connectivity index (χ2n) is 6.10. The molecule has 1 fully saturated rings. The largest absolute Gasteiger partial charge is 0.478 e. The van der Waals surface area contributed by atoms with Gasteiger partial charge in [-0.1, -0.05) is 24.3 Å². The molecule has 1 saturated carbocycles. The lowest BCUT2D eigenvalue weighted by Gasteiger charge is -2.34. The molecular formula is C17H15NO4. The minimum atomic E-state index is -1.09. The number of benzene rings is 1. The number of aromatic carboxylic acids is 1. The topological polar surface area (TPSA) is 70.7 Å². The van der Waals surface area contributed by atoms with Crippen molar-refractivity contribution in [2.24, 2.45) is 0 Å². The van der Waals surface area contributed by atoms with Gasteiger partial charge in [-0.3, -0.25) is 4.79 Å². The van der Waals surface area contributed by atoms with E-state index in [0.29, 0.717) is 13.1 Å². The molecule has 0 bridgehead atoms. The van der Waals surface area contributed by atoms with Crippen LogP contribution in [-0.4, -0.2) is 28.4 Å². The Hall–Kier alpha value is -2.56. The maximum atomic E-state index is 12.6. The lowest BCUT2D eigenvalue weighted by atomic mass is 9.87. The molecule has 2 heterocycles. The van der Waals surface area contributed by atoms with E-state index in [4.69, 9.17) is 9.52 Å². The molecule has 1 aromatic carbocycles. The minimum absolute atomic E-state index is 0.00175. The molecule has 4 rings (SSSR count). The Morgan fingerprint density at radius 1 is 1.23 bits per heavy atom. The van der Waals surface area contributed by atoms with Gasteiger partial charge < -0.3 is 14.4 Å². The van der Waals surface area contributed by atoms with Gasteiger partial charge in [-0.2, -0.15) is 0 Å². The van der Waals surface area contributed by atoms with Crippen molar-refractivity contribution in [1.82, 2.24) is 4.90 Å². The van der Waals surface area contributed by atoms with Crippen LogP contribution in [0.2, 0.25) is 0 Å². The smallest absolute Gasteiger partial charge is 0.338 e. The second-order valence-corrected chi connectivity index (χ2v) is 6.10. The SMILES string of the molecule is O=C(O)c1coc(C(=O)N2Cc3ccccc3C3(CC3)C2)c1. The summed E-state index contributed by atoms with van der Waals surface area (Å²) in [7, 11) is 0. The first kappa shape index (κ1) is 13.1. The fourth-order valence-electron chi connectivity index (χ4n) is 3.33. The Morgan fingerprint density at radius 2 is 2.00 bits per heavy atom. The molecule has 112 valence electrons. The van der Waals surface area contributed by atoms with Gasteiger partial charge in [-0.05, 0) is 24.0 Å². The number of carboxylic acid groups (broad SMARTS) is 1. The number of amides is 1. The lowest BCUT2D eigenvalue weighted by Crippen LogP contribution is -2.41. The monoisotopic (exact) mass is 297 g/mol. The third-order valence-electron chi connectivity index (χ3n) is 4.64. The van der Waals surface area contributed by atoms with Crippen LogP contribution in [0.1, 0.15) is 44.9 Å². The summed E-state index contributed by atoms with van der Waals surface area (Å²) in [5.74, 6) is -1.24. The van der Waals surface area contributed by atoms with Crippen LogP contribution in [0.5, 0.6) is 0 Å². The summed E-state index contributed by atoms with van der Waals surface area (Å²) >= 11 is 0. The maximum absolute atomic E-state index is 12.6. The van der Waals surface area contributed by atoms with E-state index in [1.54, 1.807) is 4.90 Å². The van der Waals surface area contributed by atoms with Gasteiger partial charge in [0.2, 0.25) is 0 Å². The van der Waals surface area contributed by atoms with Gasteiger partial charge in [0.1, 0.15) is 6.26 Å². The maximum Gasteiger partial charge on any atom is 0.338 e. The fraction of sp³-hybridized carbons (Fsp3) is 0.294. The van der Waals surface area contributed by atoms with Gasteiger partial charge in [0.15, 0.2) is 5.76 Å². The van der Waals surface area contributed by atoms with Crippen LogP contribution >= 0.6 is 0 Å². The molecule has 0 saturated heterocycles. The summed E-state index contributed by atoms with van der Waals surface area (Å²) in [6.45, 7) is 1.21. The summed E-state index contributed by atoms with van der Waals surface area (Å²) < 4.78 is 5.15. The minimum Gasteiger partial charge on any atom is -0.478 e. The standard InChI is InChI=1S/C17H15NO4/c19-15(14-7-12(9-22-14)16(20)21)18-8-11-3-1-2-4-13(11)17(10-18)5-6-17/h1-4,7,9H,5-6,8,10H2,(H,20,21). The Bertz CT molecular complexity index is 772. The highest BCUT2D eigenvalue weighted by Gasteiger charge is 2.50. The van der Waals surface area contributed by atoms with Gasteiger partial charge in [0.05, 0.1) is 5.56 Å². The number of fused-ring (bicyclic) bond motifs is 2. The molecule has 0 atom stereocenters. The average molecular weight is 297 g/mol. The summed E-state index contributed by atoms with van der Waals surface area (Å²) in [5, 5.41) is 8.93. The van der Waals surface area contributed by atoms with Gasteiger partial charge in [0, 0.05) is 24.6 Å². The Kier molecular flexibility index (Phi) is 2.66. The summed E-state index contributed by atoms with van der Waals surface area (Å²) in [6, 6.07) is 9.53. The first-order valence-electron chi connectivity index (χ1n) is 7.29. The highest BCUT2D eigenvalue weighted by atomic mass is 16.4. The first-order valence-corrected chi connectivity index (χ1v) is 7.29. The zero-order chi connectivity index (χ0) is 15.3. The van der Waals surface area contributed by atoms with E-state index < -0.39 is 5.97 Å². The molecule has 1 N–H and O–H groups in total. The van der Waals surface area contributed by atoms with E-state index in [2.05, 4.69) is 12.1 Å². The Morgan fingerprint density at radius 3 is 2.68 bits per heavy atom. The van der Waals surface area contributed by atoms with Crippen LogP contribution in [0.25, 0.3) is 0 Å². The van der Waals surface area contributed by atoms with Gasteiger partial charge in [-0.25, -0.2) is 4.79 Å². The normalized spacial score (nSPS) is 18.1. The van der Waals surface area contributed by atoms with Crippen LogP contribution in [0.3, 0.4) is 0 Å². The number of rotatable bonds is 2. The molecule has 1 aliphatic carbocycles. The number of furan rings is 1. The van der Waals surface area contributed by atoms with E-state index in [9.17, 15) is 9.59 Å². The predicted octanol–water partition coefficient (Wildman–Crippen LogP) is 2.67. The second kappa shape index (κ2) is 4.47. The third-order valence-corrected chi connectivity index (χ3v) is 4.64. The third kappa shape index (κ3) is 1.93. The van der Waals surface area contributed by atoms with Gasteiger partial charge >= 0.3 is 5.97 Å². The Balaban J connectivity index is 1.64. The van der Waals surface area contributed by atoms with Gasteiger partial charge in [-0.15, -0.1) is 0 Å². The van der Waals surface area contributed by atoms with E-state index in [1.807, 2.05) is 12.1 Å². The molecule has 1 aliphatic heterocycles. The molecule has 2 aromatic rings. The highest BCUT2D eigenvalue weighted by Crippen LogP contribution is 2.52. The van der Waals surface area contributed by atoms with E-state index >= 15 is 0 Å². The number of carbonyl (C=O) groups excluding carboxylic acids is 1. The predicted molar refractivity (Wildman–Crippen MR) is 77.8 cm³/mol. The van der Waals surface area contributed by atoms with Crippen LogP contribution in [0.15, 0.2) is 41.0 Å². The molecule has 1 aromatic heterocycles. The number of carbonyl (C=O) groups is 2. The molecular weight excluding hydrogens is 282 g/mol. The molecule has 2 aliphatic rings. The summed E-state index contributed by atoms with van der Waals surface area (Å²) in [5.41, 5.74) is 2.61. The number of hydrogen-bond acceptors (Lipinski definition) is 3. The van der Waals surface area contributed by atoms with Gasteiger partial charge in [0.25, 0.3) is 5.91 Å². The zero-order valence-corrected chi connectivity index (χ0v) is 11.9. The molecule has 1 amide bonds. The molecule has 1 spiro atoms. The number of nitrogens with zero attached hydrogens (tertiary/aromatic N) is 1. The lowest BCUT2D eigenvalue weighted by molar-refractivity contribution is 0.0674. The Labute approximate surface area is 127 Å². The fourth-order valence-corrected chi connectivity index (χ4v) is 3.33. The van der Waals surface area contributed by atoms with Crippen molar-refractivity contribution < 1.29 is 19.1 Å². The van der Waals surface area contributed by atoms with Crippen LogP contribution in [-0.2, 0) is 12.0 Å². The van der Waals surface area contributed by atoms with Crippen molar-refractivity contribution in [3.8, 4) is 0 Å². The first-order chi connectivity index (χ1) is 10.6. The van der Waals surface area contributed by atoms with E-state index in [1.165, 1.54) is 17.2 Å². The van der Waals surface area contributed by atoms with E-state index in [-0.39, 0.29) is 22.6 Å². The molecule has 5 nitrogen and oxygen atoms in total. The van der Waals surface area contributed by atoms with Crippen molar-refractivity contribution in [1.29, 1.82) is 0 Å². The highest BCUT2D eigenvalue weighted by molar-refractivity contribution is 5.95. The number of hydrogen-bond donors (Lipinski definition) is 1. The summed E-state index contributed by atoms with van der Waals surface area (Å²) in [6.07, 6.45) is 3.29. The van der Waals surface area contributed by atoms with Crippen molar-refractivity contribution in [2.75, 3.05) is 6.54 Å². The molecule has 0 unspecified atom stereocenters. The number of carboxylic acids is 1. The molecule has 0 radical (unpaired) electrons. The average Bonchev–Trinajstić information content (AvgIpc) is 3.11. The van der Waals surface area contributed by atoms with Crippen LogP contribution in [0, 0.1) is 0 Å². The van der Waals surface area contributed by atoms with E-state index in [0.717, 1.165) is 19.1 Å². The van der Waals surface area contributed by atoms with Crippen molar-refractivity contribution in [2.45, 2.75) is 24.8 Å².